The molecule has 2 nitrogen and oxygen atoms in total. The molecule has 0 aliphatic carbocycles. The number of hydrogen-bond acceptors (Lipinski definition) is 3. The Kier molecular flexibility index (Phi) is 5.19. The van der Waals surface area contributed by atoms with Crippen molar-refractivity contribution in [2.24, 2.45) is 0 Å². The Labute approximate surface area is 118 Å². The topological polar surface area (TPSA) is 21.3 Å². The van der Waals surface area contributed by atoms with Crippen LogP contribution in [0.25, 0.3) is 0 Å². The fourth-order valence-corrected chi connectivity index (χ4v) is 2.70. The van der Waals surface area contributed by atoms with Gasteiger partial charge in [0.1, 0.15) is 12.4 Å². The first-order valence-electron chi connectivity index (χ1n) is 6.37. The zero-order valence-corrected chi connectivity index (χ0v) is 12.0. The number of ether oxygens (including phenoxy) is 1. The minimum Gasteiger partial charge on any atom is -0.489 e. The fraction of sp³-hybridized carbons (Fsp3) is 0.250. The van der Waals surface area contributed by atoms with Crippen LogP contribution in [0.4, 0.5) is 0 Å². The largest absolute Gasteiger partial charge is 0.489 e. The molecule has 1 aromatic heterocycles. The zero-order chi connectivity index (χ0) is 13.5. The lowest BCUT2D eigenvalue weighted by molar-refractivity contribution is 0.358. The molecule has 2 aromatic rings. The van der Waals surface area contributed by atoms with Gasteiger partial charge in [0.15, 0.2) is 0 Å². The van der Waals surface area contributed by atoms with E-state index in [2.05, 4.69) is 37.0 Å². The molecule has 0 radical (unpaired) electrons. The van der Waals surface area contributed by atoms with Crippen molar-refractivity contribution in [3.63, 3.8) is 0 Å². The maximum Gasteiger partial charge on any atom is 0.124 e. The monoisotopic (exact) mass is 273 g/mol. The summed E-state index contributed by atoms with van der Waals surface area (Å²) in [6.07, 6.45) is 1.76. The highest BCUT2D eigenvalue weighted by Crippen LogP contribution is 2.19. The van der Waals surface area contributed by atoms with Gasteiger partial charge in [-0.1, -0.05) is 30.9 Å². The predicted molar refractivity (Wildman–Crippen MR) is 81.7 cm³/mol. The molecule has 3 heteroatoms. The molecule has 0 spiro atoms. The van der Waals surface area contributed by atoms with Crippen LogP contribution in [-0.2, 0) is 13.1 Å². The first-order valence-corrected chi connectivity index (χ1v) is 7.19. The van der Waals surface area contributed by atoms with E-state index in [0.717, 1.165) is 18.8 Å². The highest BCUT2D eigenvalue weighted by Gasteiger charge is 2.02. The normalized spacial score (nSPS) is 10.4. The summed E-state index contributed by atoms with van der Waals surface area (Å²) in [4.78, 5) is 2.72. The number of benzene rings is 1. The van der Waals surface area contributed by atoms with Crippen molar-refractivity contribution < 1.29 is 4.74 Å². The van der Waals surface area contributed by atoms with E-state index in [1.54, 1.807) is 6.08 Å². The maximum atomic E-state index is 5.64. The van der Waals surface area contributed by atoms with E-state index in [1.807, 2.05) is 29.5 Å². The van der Waals surface area contributed by atoms with Crippen LogP contribution >= 0.6 is 11.3 Å². The Balaban J connectivity index is 1.89. The molecule has 0 saturated heterocycles. The molecular formula is C16H19NOS. The van der Waals surface area contributed by atoms with Crippen molar-refractivity contribution in [3.05, 3.63) is 64.4 Å². The van der Waals surface area contributed by atoms with Gasteiger partial charge in [-0.25, -0.2) is 0 Å². The van der Waals surface area contributed by atoms with E-state index in [9.17, 15) is 0 Å². The van der Waals surface area contributed by atoms with Gasteiger partial charge in [0, 0.05) is 28.4 Å². The standard InChI is InChI=1S/C16H19NOS/c1-3-10-18-16-7-5-4-6-14(16)11-17-12-15-9-8-13(2)19-15/h3-9,17H,1,10-12H2,2H3. The molecule has 0 aliphatic heterocycles. The Morgan fingerprint density at radius 3 is 2.79 bits per heavy atom. The molecule has 100 valence electrons. The van der Waals surface area contributed by atoms with Gasteiger partial charge in [0.25, 0.3) is 0 Å². The van der Waals surface area contributed by atoms with Gasteiger partial charge < -0.3 is 10.1 Å². The SMILES string of the molecule is C=CCOc1ccccc1CNCc1ccc(C)s1. The van der Waals surface area contributed by atoms with Gasteiger partial charge in [0.05, 0.1) is 0 Å². The van der Waals surface area contributed by atoms with Crippen LogP contribution < -0.4 is 10.1 Å². The summed E-state index contributed by atoms with van der Waals surface area (Å²) in [5, 5.41) is 3.45. The number of para-hydroxylation sites is 1. The summed E-state index contributed by atoms with van der Waals surface area (Å²) < 4.78 is 5.64. The van der Waals surface area contributed by atoms with Crippen molar-refractivity contribution in [2.75, 3.05) is 6.61 Å². The van der Waals surface area contributed by atoms with Crippen molar-refractivity contribution >= 4 is 11.3 Å². The van der Waals surface area contributed by atoms with Crippen molar-refractivity contribution in [1.29, 1.82) is 0 Å². The van der Waals surface area contributed by atoms with Crippen LogP contribution in [0, 0.1) is 6.92 Å². The van der Waals surface area contributed by atoms with Gasteiger partial charge in [0.2, 0.25) is 0 Å². The first kappa shape index (κ1) is 13.8. The third-order valence-electron chi connectivity index (χ3n) is 2.74. The number of rotatable bonds is 7. The second-order valence-corrected chi connectivity index (χ2v) is 5.70. The summed E-state index contributed by atoms with van der Waals surface area (Å²) in [7, 11) is 0. The Hall–Kier alpha value is -1.58. The van der Waals surface area contributed by atoms with Gasteiger partial charge >= 0.3 is 0 Å². The van der Waals surface area contributed by atoms with Crippen molar-refractivity contribution in [1.82, 2.24) is 5.32 Å². The van der Waals surface area contributed by atoms with E-state index >= 15 is 0 Å². The van der Waals surface area contributed by atoms with E-state index in [1.165, 1.54) is 15.3 Å². The van der Waals surface area contributed by atoms with E-state index in [0.29, 0.717) is 6.61 Å². The molecule has 0 amide bonds. The second kappa shape index (κ2) is 7.12. The molecule has 1 N–H and O–H groups in total. The molecule has 1 heterocycles. The Morgan fingerprint density at radius 2 is 2.05 bits per heavy atom. The molecule has 1 aromatic carbocycles. The average molecular weight is 273 g/mol. The summed E-state index contributed by atoms with van der Waals surface area (Å²) in [6.45, 7) is 8.05. The number of thiophene rings is 1. The summed E-state index contributed by atoms with van der Waals surface area (Å²) in [5.41, 5.74) is 1.18. The first-order chi connectivity index (χ1) is 9.29. The predicted octanol–water partition coefficient (Wildman–Crippen LogP) is 3.91. The Bertz CT molecular complexity index is 533. The van der Waals surface area contributed by atoms with E-state index in [4.69, 9.17) is 4.74 Å². The lowest BCUT2D eigenvalue weighted by atomic mass is 10.2. The van der Waals surface area contributed by atoms with E-state index in [-0.39, 0.29) is 0 Å². The molecule has 0 aliphatic rings. The highest BCUT2D eigenvalue weighted by molar-refractivity contribution is 7.11. The van der Waals surface area contributed by atoms with Crippen molar-refractivity contribution in [3.8, 4) is 5.75 Å². The average Bonchev–Trinajstić information content (AvgIpc) is 2.83. The minimum atomic E-state index is 0.543. The van der Waals surface area contributed by atoms with Gasteiger partial charge in [-0.15, -0.1) is 11.3 Å². The van der Waals surface area contributed by atoms with Crippen LogP contribution in [0.2, 0.25) is 0 Å². The van der Waals surface area contributed by atoms with Crippen LogP contribution in [0.15, 0.2) is 49.1 Å². The third kappa shape index (κ3) is 4.23. The number of nitrogens with one attached hydrogen (secondary N) is 1. The second-order valence-electron chi connectivity index (χ2n) is 4.32. The highest BCUT2D eigenvalue weighted by atomic mass is 32.1. The van der Waals surface area contributed by atoms with Crippen LogP contribution in [0.3, 0.4) is 0 Å². The lowest BCUT2D eigenvalue weighted by Gasteiger charge is -2.10. The number of hydrogen-bond donors (Lipinski definition) is 1. The summed E-state index contributed by atoms with van der Waals surface area (Å²) >= 11 is 1.83. The minimum absolute atomic E-state index is 0.543. The molecule has 0 bridgehead atoms. The molecule has 19 heavy (non-hydrogen) atoms. The molecule has 0 atom stereocenters. The molecular weight excluding hydrogens is 254 g/mol. The molecule has 0 unspecified atom stereocenters. The van der Waals surface area contributed by atoms with Crippen LogP contribution in [0.1, 0.15) is 15.3 Å². The van der Waals surface area contributed by atoms with Gasteiger partial charge in [-0.2, -0.15) is 0 Å². The quantitative estimate of drug-likeness (QED) is 0.772. The zero-order valence-electron chi connectivity index (χ0n) is 11.2. The van der Waals surface area contributed by atoms with Gasteiger partial charge in [-0.3, -0.25) is 0 Å². The smallest absolute Gasteiger partial charge is 0.124 e. The van der Waals surface area contributed by atoms with Crippen molar-refractivity contribution in [2.45, 2.75) is 20.0 Å². The van der Waals surface area contributed by atoms with Crippen LogP contribution in [-0.4, -0.2) is 6.61 Å². The van der Waals surface area contributed by atoms with Crippen LogP contribution in [0.5, 0.6) is 5.75 Å². The molecule has 2 rings (SSSR count). The van der Waals surface area contributed by atoms with E-state index < -0.39 is 0 Å². The molecule has 0 saturated carbocycles. The lowest BCUT2D eigenvalue weighted by Crippen LogP contribution is -2.12. The molecule has 0 fully saturated rings. The van der Waals surface area contributed by atoms with Gasteiger partial charge in [-0.05, 0) is 25.1 Å². The number of aryl methyl sites for hydroxylation is 1. The third-order valence-corrected chi connectivity index (χ3v) is 3.74. The Morgan fingerprint density at radius 1 is 1.21 bits per heavy atom. The summed E-state index contributed by atoms with van der Waals surface area (Å²) in [6, 6.07) is 12.4. The maximum absolute atomic E-state index is 5.64. The fourth-order valence-electron chi connectivity index (χ4n) is 1.84. The summed E-state index contributed by atoms with van der Waals surface area (Å²) in [5.74, 6) is 0.928.